The Morgan fingerprint density at radius 3 is 1.09 bits per heavy atom. The molecule has 16 heteroatoms. The maximum Gasteiger partial charge on any atom is 0.269 e. The van der Waals surface area contributed by atoms with E-state index < -0.39 is 19.5 Å². The molecule has 1 saturated carbocycles. The molecular weight excluding hydrogens is 782 g/mol. The van der Waals surface area contributed by atoms with Crippen LogP contribution in [-0.4, -0.2) is 54.2 Å². The van der Waals surface area contributed by atoms with Gasteiger partial charge in [-0.05, 0) is 97.2 Å². The minimum atomic E-state index is -1.22. The second kappa shape index (κ2) is 19.1. The lowest BCUT2D eigenvalue weighted by atomic mass is 9.81. The lowest BCUT2D eigenvalue weighted by molar-refractivity contribution is -0.385. The summed E-state index contributed by atoms with van der Waals surface area (Å²) in [5, 5.41) is 21.8. The van der Waals surface area contributed by atoms with Crippen LogP contribution in [0.2, 0.25) is 0 Å². The van der Waals surface area contributed by atoms with Crippen molar-refractivity contribution in [3.05, 3.63) is 128 Å². The van der Waals surface area contributed by atoms with Crippen molar-refractivity contribution in [2.75, 3.05) is 13.1 Å². The summed E-state index contributed by atoms with van der Waals surface area (Å²) in [5.74, 6) is 1.59. The fourth-order valence-corrected chi connectivity index (χ4v) is 6.82. The number of alkyl halides is 4. The zero-order valence-electron chi connectivity index (χ0n) is 28.8. The first-order valence-electron chi connectivity index (χ1n) is 17.0. The van der Waals surface area contributed by atoms with Crippen LogP contribution in [0.5, 0.6) is 23.0 Å². The van der Waals surface area contributed by atoms with E-state index in [1.807, 2.05) is 24.3 Å². The third-order valence-corrected chi connectivity index (χ3v) is 9.83. The van der Waals surface area contributed by atoms with Crippen molar-refractivity contribution in [2.45, 2.75) is 48.4 Å². The van der Waals surface area contributed by atoms with Gasteiger partial charge in [-0.2, -0.15) is 0 Å². The van der Waals surface area contributed by atoms with E-state index in [1.54, 1.807) is 34.1 Å². The predicted molar refractivity (Wildman–Crippen MR) is 206 cm³/mol. The first-order chi connectivity index (χ1) is 25.8. The number of rotatable bonds is 16. The molecule has 0 radical (unpaired) electrons. The lowest BCUT2D eigenvalue weighted by Crippen LogP contribution is -2.41. The van der Waals surface area contributed by atoms with E-state index in [2.05, 4.69) is 0 Å². The summed E-state index contributed by atoms with van der Waals surface area (Å²) < 4.78 is 11.6. The second-order valence-corrected chi connectivity index (χ2v) is 15.1. The summed E-state index contributed by atoms with van der Waals surface area (Å²) in [6.07, 6.45) is 3.31. The molecule has 4 aromatic rings. The second-order valence-electron chi connectivity index (χ2n) is 12.9. The number of ether oxygens (including phenoxy) is 2. The number of amides is 2. The minimum Gasteiger partial charge on any atom is -0.457 e. The summed E-state index contributed by atoms with van der Waals surface area (Å²) in [6, 6.07) is 25.9. The number of halogens is 4. The fraction of sp³-hybridized carbons (Fsp3) is 0.316. The normalized spacial score (nSPS) is 15.4. The van der Waals surface area contributed by atoms with Crippen molar-refractivity contribution in [1.82, 2.24) is 9.80 Å². The molecule has 0 aliphatic heterocycles. The Labute approximate surface area is 331 Å². The molecule has 1 aliphatic rings. The van der Waals surface area contributed by atoms with Crippen molar-refractivity contribution in [1.29, 1.82) is 0 Å². The van der Waals surface area contributed by atoms with Crippen LogP contribution < -0.4 is 9.47 Å². The topological polar surface area (TPSA) is 145 Å². The Morgan fingerprint density at radius 2 is 0.833 bits per heavy atom. The first-order valence-corrected chi connectivity index (χ1v) is 18.8. The highest BCUT2D eigenvalue weighted by molar-refractivity contribution is 6.53. The highest BCUT2D eigenvalue weighted by Gasteiger charge is 2.30. The SMILES string of the molecule is O=C(C(Cl)Cl)N(Cc1ccc(Oc2ccc([N+](=O)[O-])cc2)cc1)C[C@H]1CC[C@H](CN(Cc2ccc(Oc3ccc([N+](=O)[O-])cc3)cc2)C(=O)C(Cl)Cl)CC1. The number of non-ortho nitro benzene ring substituents is 2. The van der Waals surface area contributed by atoms with Crippen molar-refractivity contribution in [3.8, 4) is 23.0 Å². The molecule has 0 bridgehead atoms. The average molecular weight is 819 g/mol. The van der Waals surface area contributed by atoms with E-state index in [9.17, 15) is 29.8 Å². The fourth-order valence-electron chi connectivity index (χ4n) is 6.27. The molecule has 0 atom stereocenters. The summed E-state index contributed by atoms with van der Waals surface area (Å²) in [4.78, 5) is 47.9. The van der Waals surface area contributed by atoms with Crippen LogP contribution in [0.3, 0.4) is 0 Å². The van der Waals surface area contributed by atoms with Gasteiger partial charge in [0, 0.05) is 50.4 Å². The Kier molecular flexibility index (Phi) is 14.4. The van der Waals surface area contributed by atoms with Crippen LogP contribution in [0.15, 0.2) is 97.1 Å². The van der Waals surface area contributed by atoms with E-state index in [1.165, 1.54) is 48.5 Å². The van der Waals surface area contributed by atoms with Gasteiger partial charge in [-0.25, -0.2) is 0 Å². The number of carbonyl (C=O) groups is 2. The average Bonchev–Trinajstić information content (AvgIpc) is 3.16. The largest absolute Gasteiger partial charge is 0.457 e. The van der Waals surface area contributed by atoms with E-state index in [0.29, 0.717) is 49.2 Å². The molecule has 0 aromatic heterocycles. The first kappa shape index (κ1) is 40.6. The molecule has 1 aliphatic carbocycles. The van der Waals surface area contributed by atoms with Gasteiger partial charge in [0.05, 0.1) is 9.85 Å². The number of hydrogen-bond acceptors (Lipinski definition) is 8. The number of nitrogens with zero attached hydrogens (tertiary/aromatic N) is 4. The van der Waals surface area contributed by atoms with Gasteiger partial charge in [0.1, 0.15) is 23.0 Å². The van der Waals surface area contributed by atoms with Gasteiger partial charge in [-0.1, -0.05) is 70.7 Å². The third-order valence-electron chi connectivity index (χ3n) is 9.08. The molecule has 0 unspecified atom stereocenters. The summed E-state index contributed by atoms with van der Waals surface area (Å²) in [5.41, 5.74) is 1.63. The number of nitro benzene ring substituents is 2. The summed E-state index contributed by atoms with van der Waals surface area (Å²) >= 11 is 24.2. The van der Waals surface area contributed by atoms with Gasteiger partial charge in [-0.3, -0.25) is 29.8 Å². The van der Waals surface area contributed by atoms with Gasteiger partial charge < -0.3 is 19.3 Å². The van der Waals surface area contributed by atoms with E-state index in [-0.39, 0.29) is 35.0 Å². The van der Waals surface area contributed by atoms with Crippen LogP contribution in [0.4, 0.5) is 11.4 Å². The Bertz CT molecular complexity index is 1750. The van der Waals surface area contributed by atoms with Crippen molar-refractivity contribution < 1.29 is 28.9 Å². The molecular formula is C38H36Cl4N4O8. The molecule has 1 fully saturated rings. The molecule has 0 heterocycles. The van der Waals surface area contributed by atoms with Gasteiger partial charge in [0.15, 0.2) is 9.67 Å². The molecule has 12 nitrogen and oxygen atoms in total. The molecule has 54 heavy (non-hydrogen) atoms. The van der Waals surface area contributed by atoms with E-state index in [4.69, 9.17) is 55.9 Å². The maximum atomic E-state index is 13.1. The summed E-state index contributed by atoms with van der Waals surface area (Å²) in [7, 11) is 0. The van der Waals surface area contributed by atoms with Crippen LogP contribution in [-0.2, 0) is 22.7 Å². The number of carbonyl (C=O) groups excluding carboxylic acids is 2. The van der Waals surface area contributed by atoms with Gasteiger partial charge in [-0.15, -0.1) is 0 Å². The Balaban J connectivity index is 1.14. The molecule has 0 spiro atoms. The minimum absolute atomic E-state index is 0.0317. The van der Waals surface area contributed by atoms with Crippen molar-refractivity contribution in [2.24, 2.45) is 11.8 Å². The monoisotopic (exact) mass is 816 g/mol. The quantitative estimate of drug-likeness (QED) is 0.0617. The molecule has 284 valence electrons. The standard InChI is InChI=1S/C38H36Cl4N4O8/c39-35(40)37(47)43(23-27-5-13-31(14-6-27)53-33-17-9-29(10-18-33)45(49)50)21-25-1-2-26(4-3-25)22-44(38(48)36(41)42)24-28-7-15-32(16-8-28)54-34-19-11-30(12-20-34)46(51)52/h5-20,25-26,35-36H,1-4,21-24H2/t25-,26-. The maximum absolute atomic E-state index is 13.1. The smallest absolute Gasteiger partial charge is 0.269 e. The highest BCUT2D eigenvalue weighted by atomic mass is 35.5. The number of benzene rings is 4. The number of nitro groups is 2. The Hall–Kier alpha value is -4.62. The third kappa shape index (κ3) is 11.7. The number of hydrogen-bond donors (Lipinski definition) is 0. The van der Waals surface area contributed by atoms with Crippen LogP contribution >= 0.6 is 46.4 Å². The van der Waals surface area contributed by atoms with Gasteiger partial charge in [0.25, 0.3) is 23.2 Å². The van der Waals surface area contributed by atoms with E-state index >= 15 is 0 Å². The van der Waals surface area contributed by atoms with Crippen LogP contribution in [0.25, 0.3) is 0 Å². The summed E-state index contributed by atoms with van der Waals surface area (Å²) in [6.45, 7) is 1.51. The lowest BCUT2D eigenvalue weighted by Gasteiger charge is -2.35. The molecule has 0 saturated heterocycles. The van der Waals surface area contributed by atoms with Gasteiger partial charge in [0.2, 0.25) is 0 Å². The van der Waals surface area contributed by atoms with Crippen molar-refractivity contribution >= 4 is 69.6 Å². The molecule has 4 aromatic carbocycles. The predicted octanol–water partition coefficient (Wildman–Crippen LogP) is 9.86. The van der Waals surface area contributed by atoms with E-state index in [0.717, 1.165) is 36.8 Å². The highest BCUT2D eigenvalue weighted by Crippen LogP contribution is 2.32. The molecule has 5 rings (SSSR count). The zero-order valence-corrected chi connectivity index (χ0v) is 31.8. The van der Waals surface area contributed by atoms with Crippen molar-refractivity contribution in [3.63, 3.8) is 0 Å². The molecule has 0 N–H and O–H groups in total. The molecule has 2 amide bonds. The van der Waals surface area contributed by atoms with Crippen LogP contribution in [0, 0.1) is 32.1 Å². The Morgan fingerprint density at radius 1 is 0.556 bits per heavy atom. The van der Waals surface area contributed by atoms with Gasteiger partial charge >= 0.3 is 0 Å². The van der Waals surface area contributed by atoms with Crippen LogP contribution in [0.1, 0.15) is 36.8 Å². The zero-order chi connectivity index (χ0) is 38.8.